The van der Waals surface area contributed by atoms with Gasteiger partial charge in [0, 0.05) is 13.1 Å². The molecule has 1 aliphatic heterocycles. The highest BCUT2D eigenvalue weighted by Gasteiger charge is 2.32. The number of sulfone groups is 1. The highest BCUT2D eigenvalue weighted by atomic mass is 32.2. The molecule has 0 spiro atoms. The van der Waals surface area contributed by atoms with E-state index in [9.17, 15) is 18.0 Å². The average molecular weight is 338 g/mol. The summed E-state index contributed by atoms with van der Waals surface area (Å²) in [5, 5.41) is 0. The van der Waals surface area contributed by atoms with Crippen LogP contribution < -0.4 is 5.73 Å². The van der Waals surface area contributed by atoms with Gasteiger partial charge in [-0.3, -0.25) is 9.59 Å². The second-order valence-corrected chi connectivity index (χ2v) is 8.37. The minimum atomic E-state index is -2.99. The standard InChI is InChI=1S/C12H22N2O5S2/c1-14(9-4-6-21(17,18)8-9)11(15)7-20-5-3-10(13)12(16)19-2/h9-10H,3-8,13H2,1-2H3. The van der Waals surface area contributed by atoms with Gasteiger partial charge in [0.25, 0.3) is 0 Å². The zero-order chi connectivity index (χ0) is 16.0. The molecule has 1 fully saturated rings. The molecular weight excluding hydrogens is 316 g/mol. The molecule has 0 radical (unpaired) electrons. The molecule has 0 aromatic rings. The third-order valence-corrected chi connectivity index (χ3v) is 6.18. The Morgan fingerprint density at radius 2 is 2.14 bits per heavy atom. The van der Waals surface area contributed by atoms with Gasteiger partial charge in [-0.1, -0.05) is 0 Å². The average Bonchev–Trinajstić information content (AvgIpc) is 2.81. The van der Waals surface area contributed by atoms with Gasteiger partial charge in [-0.15, -0.1) is 0 Å². The molecule has 0 aromatic carbocycles. The first-order valence-electron chi connectivity index (χ1n) is 6.64. The lowest BCUT2D eigenvalue weighted by atomic mass is 10.2. The molecule has 1 amide bonds. The molecule has 9 heteroatoms. The van der Waals surface area contributed by atoms with Gasteiger partial charge >= 0.3 is 5.97 Å². The third kappa shape index (κ3) is 5.84. The van der Waals surface area contributed by atoms with Crippen molar-refractivity contribution in [1.29, 1.82) is 0 Å². The van der Waals surface area contributed by atoms with Gasteiger partial charge in [0.15, 0.2) is 9.84 Å². The molecule has 0 aliphatic carbocycles. The van der Waals surface area contributed by atoms with Crippen LogP contribution in [-0.4, -0.2) is 74.4 Å². The van der Waals surface area contributed by atoms with Crippen LogP contribution in [0, 0.1) is 0 Å². The van der Waals surface area contributed by atoms with Gasteiger partial charge < -0.3 is 15.4 Å². The van der Waals surface area contributed by atoms with Gasteiger partial charge in [0.1, 0.15) is 6.04 Å². The molecular formula is C12H22N2O5S2. The molecule has 0 saturated carbocycles. The quantitative estimate of drug-likeness (QED) is 0.481. The molecule has 122 valence electrons. The van der Waals surface area contributed by atoms with E-state index in [2.05, 4.69) is 4.74 Å². The summed E-state index contributed by atoms with van der Waals surface area (Å²) in [5.74, 6) is 0.451. The Morgan fingerprint density at radius 3 is 2.67 bits per heavy atom. The molecule has 0 bridgehead atoms. The van der Waals surface area contributed by atoms with E-state index in [0.29, 0.717) is 18.6 Å². The van der Waals surface area contributed by atoms with Gasteiger partial charge in [0.05, 0.1) is 24.4 Å². The summed E-state index contributed by atoms with van der Waals surface area (Å²) in [4.78, 5) is 24.6. The Morgan fingerprint density at radius 1 is 1.48 bits per heavy atom. The van der Waals surface area contributed by atoms with Crippen LogP contribution in [0.2, 0.25) is 0 Å². The van der Waals surface area contributed by atoms with Crippen molar-refractivity contribution in [3.05, 3.63) is 0 Å². The summed E-state index contributed by atoms with van der Waals surface area (Å²) >= 11 is 1.38. The number of nitrogens with zero attached hydrogens (tertiary/aromatic N) is 1. The van der Waals surface area contributed by atoms with E-state index in [1.165, 1.54) is 23.8 Å². The van der Waals surface area contributed by atoms with Crippen LogP contribution in [0.15, 0.2) is 0 Å². The SMILES string of the molecule is COC(=O)C(N)CCSCC(=O)N(C)C1CCS(=O)(=O)C1. The minimum Gasteiger partial charge on any atom is -0.468 e. The van der Waals surface area contributed by atoms with E-state index >= 15 is 0 Å². The third-order valence-electron chi connectivity index (χ3n) is 3.45. The van der Waals surface area contributed by atoms with Gasteiger partial charge in [-0.2, -0.15) is 11.8 Å². The molecule has 7 nitrogen and oxygen atoms in total. The number of carbonyl (C=O) groups is 2. The molecule has 1 aliphatic rings. The monoisotopic (exact) mass is 338 g/mol. The summed E-state index contributed by atoms with van der Waals surface area (Å²) < 4.78 is 27.3. The number of thioether (sulfide) groups is 1. The molecule has 2 unspecified atom stereocenters. The maximum absolute atomic E-state index is 12.0. The number of ether oxygens (including phenoxy) is 1. The number of amides is 1. The van der Waals surface area contributed by atoms with Crippen molar-refractivity contribution in [3.8, 4) is 0 Å². The molecule has 1 rings (SSSR count). The topological polar surface area (TPSA) is 107 Å². The minimum absolute atomic E-state index is 0.0487. The predicted molar refractivity (Wildman–Crippen MR) is 81.8 cm³/mol. The van der Waals surface area contributed by atoms with Crippen LogP contribution in [0.1, 0.15) is 12.8 Å². The van der Waals surface area contributed by atoms with E-state index in [4.69, 9.17) is 5.73 Å². The zero-order valence-corrected chi connectivity index (χ0v) is 13.9. The van der Waals surface area contributed by atoms with Crippen molar-refractivity contribution in [1.82, 2.24) is 4.90 Å². The Hall–Kier alpha value is -0.800. The first-order valence-corrected chi connectivity index (χ1v) is 9.61. The highest BCUT2D eigenvalue weighted by Crippen LogP contribution is 2.17. The number of esters is 1. The summed E-state index contributed by atoms with van der Waals surface area (Å²) in [7, 11) is -0.0767. The Kier molecular flexibility index (Phi) is 6.95. The summed E-state index contributed by atoms with van der Waals surface area (Å²) in [6, 6.07) is -0.893. The van der Waals surface area contributed by atoms with Crippen LogP contribution in [0.25, 0.3) is 0 Å². The first-order chi connectivity index (χ1) is 9.76. The fourth-order valence-electron chi connectivity index (χ4n) is 2.03. The lowest BCUT2D eigenvalue weighted by Gasteiger charge is -2.23. The Labute approximate surface area is 129 Å². The fourth-order valence-corrected chi connectivity index (χ4v) is 4.74. The maximum Gasteiger partial charge on any atom is 0.322 e. The number of methoxy groups -OCH3 is 1. The van der Waals surface area contributed by atoms with Crippen LogP contribution in [0.4, 0.5) is 0 Å². The normalized spacial score (nSPS) is 21.8. The lowest BCUT2D eigenvalue weighted by molar-refractivity contribution is -0.142. The lowest BCUT2D eigenvalue weighted by Crippen LogP contribution is -2.39. The Bertz CT molecular complexity index is 480. The van der Waals surface area contributed by atoms with Crippen molar-refractivity contribution in [2.75, 3.05) is 37.2 Å². The summed E-state index contributed by atoms with van der Waals surface area (Å²) in [6.45, 7) is 0. The number of rotatable bonds is 7. The van der Waals surface area contributed by atoms with Crippen LogP contribution in [-0.2, 0) is 24.2 Å². The fraction of sp³-hybridized carbons (Fsp3) is 0.833. The predicted octanol–water partition coefficient (Wildman–Crippen LogP) is -0.744. The zero-order valence-electron chi connectivity index (χ0n) is 12.3. The molecule has 1 heterocycles. The van der Waals surface area contributed by atoms with E-state index in [1.54, 1.807) is 7.05 Å². The van der Waals surface area contributed by atoms with Crippen LogP contribution in [0.3, 0.4) is 0 Å². The number of hydrogen-bond acceptors (Lipinski definition) is 7. The number of carbonyl (C=O) groups excluding carboxylic acids is 2. The largest absolute Gasteiger partial charge is 0.468 e. The first kappa shape index (κ1) is 18.2. The number of hydrogen-bond donors (Lipinski definition) is 1. The second kappa shape index (κ2) is 8.00. The molecule has 21 heavy (non-hydrogen) atoms. The van der Waals surface area contributed by atoms with Gasteiger partial charge in [0.2, 0.25) is 5.91 Å². The van der Waals surface area contributed by atoms with E-state index < -0.39 is 21.8 Å². The molecule has 2 N–H and O–H groups in total. The molecule has 2 atom stereocenters. The number of nitrogens with two attached hydrogens (primary N) is 1. The van der Waals surface area contributed by atoms with Crippen LogP contribution >= 0.6 is 11.8 Å². The van der Waals surface area contributed by atoms with Crippen molar-refractivity contribution in [3.63, 3.8) is 0 Å². The summed E-state index contributed by atoms with van der Waals surface area (Å²) in [5.41, 5.74) is 5.58. The maximum atomic E-state index is 12.0. The van der Waals surface area contributed by atoms with E-state index in [1.807, 2.05) is 0 Å². The molecule has 0 aromatic heterocycles. The van der Waals surface area contributed by atoms with Crippen molar-refractivity contribution >= 4 is 33.5 Å². The van der Waals surface area contributed by atoms with E-state index in [0.717, 1.165) is 0 Å². The molecule has 1 saturated heterocycles. The second-order valence-electron chi connectivity index (χ2n) is 5.03. The van der Waals surface area contributed by atoms with E-state index in [-0.39, 0.29) is 29.2 Å². The smallest absolute Gasteiger partial charge is 0.322 e. The van der Waals surface area contributed by atoms with Crippen molar-refractivity contribution in [2.24, 2.45) is 5.73 Å². The van der Waals surface area contributed by atoms with Crippen LogP contribution in [0.5, 0.6) is 0 Å². The Balaban J connectivity index is 2.26. The van der Waals surface area contributed by atoms with Gasteiger partial charge in [-0.25, -0.2) is 8.42 Å². The van der Waals surface area contributed by atoms with Gasteiger partial charge in [-0.05, 0) is 18.6 Å². The van der Waals surface area contributed by atoms with Crippen molar-refractivity contribution < 1.29 is 22.7 Å². The van der Waals surface area contributed by atoms with Crippen molar-refractivity contribution in [2.45, 2.75) is 24.9 Å². The summed E-state index contributed by atoms with van der Waals surface area (Å²) in [6.07, 6.45) is 0.939. The highest BCUT2D eigenvalue weighted by molar-refractivity contribution is 7.99.